The number of para-hydroxylation sites is 6. The Morgan fingerprint density at radius 3 is 0.947 bits per heavy atom. The molecular weight excluding hydrogens is 1860 g/mol. The van der Waals surface area contributed by atoms with Gasteiger partial charge < -0.3 is 34.0 Å². The quantitative estimate of drug-likeness (QED) is 0.0504. The van der Waals surface area contributed by atoms with Crippen molar-refractivity contribution in [1.29, 1.82) is 0 Å². The van der Waals surface area contributed by atoms with Crippen LogP contribution < -0.4 is 107 Å². The van der Waals surface area contributed by atoms with Crippen LogP contribution in [-0.2, 0) is 0 Å². The van der Waals surface area contributed by atoms with E-state index in [4.69, 9.17) is 18.9 Å². The molecule has 19 aromatic carbocycles. The monoisotopic (exact) mass is 1940 g/mol. The van der Waals surface area contributed by atoms with E-state index >= 15 is 0 Å². The molecule has 1 aromatic heterocycles. The van der Waals surface area contributed by atoms with E-state index in [1.54, 1.807) is 18.2 Å². The summed E-state index contributed by atoms with van der Waals surface area (Å²) >= 11 is 5.97. The van der Waals surface area contributed by atoms with E-state index in [0.717, 1.165) is 82.6 Å². The molecule has 0 atom stereocenters. The number of nitrogens with one attached hydrogen (secondary N) is 1. The summed E-state index contributed by atoms with van der Waals surface area (Å²) < 4.78 is 28.0. The SMILES string of the molecule is Brc1ccc2c(c1)[Si](c1ccccc1)(c1ccccc1)c1ccccc1O2.Ic1ccccc1.O=[N+]([O-])c1ccccc1-c1ccc2c(c1)[Si](c1ccccc1)(c1ccccc1)c1ccccc1O2.OB(O)c1ccc2c(c1)[Si](c1ccccc1)(c1ccccc1)c1ccccc1O2.c1ccc([Si]2(c3ccccc3)c3ccccc3Oc3cc4[nH]c5ccccc5c4cc32)cc1. The van der Waals surface area contributed by atoms with Gasteiger partial charge in [0, 0.05) is 36.5 Å². The maximum absolute atomic E-state index is 11.8. The van der Waals surface area contributed by atoms with Gasteiger partial charge in [-0.3, -0.25) is 10.1 Å². The van der Waals surface area contributed by atoms with Crippen LogP contribution in [0.3, 0.4) is 0 Å². The molecule has 4 aliphatic heterocycles. The fourth-order valence-electron chi connectivity index (χ4n) is 19.8. The number of halogens is 2. The fourth-order valence-corrected chi connectivity index (χ4v) is 40.7. The van der Waals surface area contributed by atoms with Crippen molar-refractivity contribution in [2.45, 2.75) is 0 Å². The fraction of sp³-hybridized carbons (Fsp3) is 0. The Labute approximate surface area is 786 Å². The number of nitro benzene ring substituents is 1. The molecule has 3 N–H and O–H groups in total. The summed E-state index contributed by atoms with van der Waals surface area (Å²) in [6.07, 6.45) is 0. The first-order valence-corrected chi connectivity index (χ1v) is 53.3. The zero-order chi connectivity index (χ0) is 88.9. The van der Waals surface area contributed by atoms with Crippen LogP contribution in [0.15, 0.2) is 490 Å². The average Bonchev–Trinajstić information content (AvgIpc) is 1.68. The van der Waals surface area contributed by atoms with Crippen LogP contribution in [0.25, 0.3) is 32.9 Å². The smallest absolute Gasteiger partial charge is 0.458 e. The number of H-pyrrole nitrogens is 1. The van der Waals surface area contributed by atoms with Crippen LogP contribution in [-0.4, -0.2) is 59.4 Å². The number of hydrogen-bond acceptors (Lipinski definition) is 8. The Bertz CT molecular complexity index is 7380. The summed E-state index contributed by atoms with van der Waals surface area (Å²) in [6, 6.07) is 168. The van der Waals surface area contributed by atoms with Crippen LogP contribution in [0.5, 0.6) is 46.0 Å². The lowest BCUT2D eigenvalue weighted by Crippen LogP contribution is -2.76. The molecule has 24 rings (SSSR count). The molecule has 0 aliphatic carbocycles. The highest BCUT2D eigenvalue weighted by Crippen LogP contribution is 2.39. The van der Waals surface area contributed by atoms with Crippen molar-refractivity contribution in [3.8, 4) is 57.1 Å². The number of rotatable bonds is 11. The van der Waals surface area contributed by atoms with E-state index in [-0.39, 0.29) is 10.6 Å². The summed E-state index contributed by atoms with van der Waals surface area (Å²) in [6.45, 7) is 0. The minimum absolute atomic E-state index is 0.0938. The molecule has 0 unspecified atom stereocenters. The molecule has 0 saturated heterocycles. The van der Waals surface area contributed by atoms with Crippen molar-refractivity contribution >= 4 is 194 Å². The number of aromatic amines is 1. The lowest BCUT2D eigenvalue weighted by atomic mass is 9.80. The molecule has 131 heavy (non-hydrogen) atoms. The van der Waals surface area contributed by atoms with Crippen molar-refractivity contribution in [2.75, 3.05) is 0 Å². The Morgan fingerprint density at radius 2 is 0.573 bits per heavy atom. The standard InChI is InChI=1S/C30H21NO3Si.C30H21NOSi.C24H19BO3Si.C24H17BrOSi.C6H5I/c32-31(33)26-16-8-7-15-25(26)22-19-20-28-30(21-22)35(23-11-3-1-4-12-23,24-13-5-2-6-14-24)29-18-10-9-17-27(29)34-28;1-3-11-21(12-4-1)33(22-13-5-2-6-14-22)29-18-10-9-17-27(29)32-28-20-26-24(19-30(28)33)23-15-7-8-16-25(23)31-26;26-25(27)18-15-16-22-24(17-18)29(19-9-3-1-4-10-19,20-11-5-2-6-12-20)23-14-8-7-13-21(23)28-22;25-18-15-16-22-24(17-18)27(19-9-3-1-4-10-19,20-11-5-2-6-12-20)23-14-8-7-13-21(23)26-22;7-6-4-2-1-3-5-6/h1-21H;1-20,31H;1-17,26-27H;1-17H;1-5H. The van der Waals surface area contributed by atoms with Crippen molar-refractivity contribution in [1.82, 2.24) is 4.98 Å². The first-order valence-electron chi connectivity index (χ1n) is 43.4. The number of nitrogens with zero attached hydrogens (tertiary/aromatic N) is 1. The van der Waals surface area contributed by atoms with Gasteiger partial charge in [0.1, 0.15) is 46.0 Å². The second kappa shape index (κ2) is 37.0. The summed E-state index contributed by atoms with van der Waals surface area (Å²) in [5, 5.41) is 54.1. The number of aromatic nitrogens is 1. The van der Waals surface area contributed by atoms with E-state index in [9.17, 15) is 20.2 Å². The van der Waals surface area contributed by atoms with Gasteiger partial charge in [0.2, 0.25) is 0 Å². The van der Waals surface area contributed by atoms with Crippen molar-refractivity contribution < 1.29 is 33.9 Å². The topological polar surface area (TPSA) is 136 Å². The number of benzene rings is 19. The van der Waals surface area contributed by atoms with Crippen molar-refractivity contribution in [2.24, 2.45) is 0 Å². The number of ether oxygens (including phenoxy) is 4. The molecule has 0 saturated carbocycles. The van der Waals surface area contributed by atoms with Gasteiger partial charge in [-0.1, -0.05) is 404 Å². The highest BCUT2D eigenvalue weighted by molar-refractivity contribution is 14.1. The highest BCUT2D eigenvalue weighted by atomic mass is 127. The number of fused-ring (bicyclic) bond motifs is 11. The molecule has 5 heterocycles. The summed E-state index contributed by atoms with van der Waals surface area (Å²) in [5.41, 5.74) is 4.23. The molecule has 0 amide bonds. The first-order chi connectivity index (χ1) is 64.4. The molecule has 0 fully saturated rings. The molecular formula is C114H83BBrIN2O8Si4. The summed E-state index contributed by atoms with van der Waals surface area (Å²) in [5.74, 6) is 7.11. The van der Waals surface area contributed by atoms with Gasteiger partial charge >= 0.3 is 7.12 Å². The Kier molecular flexibility index (Phi) is 24.0. The van der Waals surface area contributed by atoms with Gasteiger partial charge in [-0.05, 0) is 202 Å². The normalized spacial score (nSPS) is 13.4. The lowest BCUT2D eigenvalue weighted by Gasteiger charge is -2.39. The van der Waals surface area contributed by atoms with Gasteiger partial charge in [-0.2, -0.15) is 0 Å². The van der Waals surface area contributed by atoms with E-state index in [1.165, 1.54) is 81.8 Å². The maximum atomic E-state index is 11.8. The maximum Gasteiger partial charge on any atom is 0.488 e. The zero-order valence-corrected chi connectivity index (χ0v) is 78.6. The van der Waals surface area contributed by atoms with Crippen LogP contribution in [0.2, 0.25) is 0 Å². The average molecular weight is 1940 g/mol. The summed E-state index contributed by atoms with van der Waals surface area (Å²) in [7, 11) is -12.1. The van der Waals surface area contributed by atoms with Crippen LogP contribution in [0.1, 0.15) is 0 Å². The van der Waals surface area contributed by atoms with Gasteiger partial charge in [0.25, 0.3) is 5.69 Å². The van der Waals surface area contributed by atoms with Crippen molar-refractivity contribution in [3.05, 3.63) is 503 Å². The number of hydrogen-bond donors (Lipinski definition) is 3. The third kappa shape index (κ3) is 15.5. The molecule has 0 spiro atoms. The molecule has 4 aliphatic rings. The Balaban J connectivity index is 0.000000107. The van der Waals surface area contributed by atoms with E-state index < -0.39 is 39.4 Å². The van der Waals surface area contributed by atoms with Gasteiger partial charge in [0.05, 0.1) is 16.0 Å². The predicted octanol–water partition coefficient (Wildman–Crippen LogP) is 16.6. The van der Waals surface area contributed by atoms with E-state index in [1.807, 2.05) is 109 Å². The Hall–Kier alpha value is -14.4. The van der Waals surface area contributed by atoms with E-state index in [2.05, 4.69) is 401 Å². The lowest BCUT2D eigenvalue weighted by molar-refractivity contribution is -0.384. The molecule has 20 aromatic rings. The first kappa shape index (κ1) is 84.8. The number of nitro groups is 1. The predicted molar refractivity (Wildman–Crippen MR) is 559 cm³/mol. The van der Waals surface area contributed by atoms with Gasteiger partial charge in [-0.25, -0.2) is 0 Å². The zero-order valence-electron chi connectivity index (χ0n) is 70.8. The van der Waals surface area contributed by atoms with Crippen LogP contribution >= 0.6 is 38.5 Å². The third-order valence-electron chi connectivity index (χ3n) is 25.3. The second-order valence-corrected chi connectivity index (χ2v) is 49.5. The van der Waals surface area contributed by atoms with Crippen LogP contribution in [0, 0.1) is 13.7 Å². The largest absolute Gasteiger partial charge is 0.488 e. The van der Waals surface area contributed by atoms with Crippen LogP contribution in [0.4, 0.5) is 5.69 Å². The molecule has 10 nitrogen and oxygen atoms in total. The molecule has 630 valence electrons. The molecule has 17 heteroatoms. The highest BCUT2D eigenvalue weighted by Gasteiger charge is 2.53. The molecule has 0 radical (unpaired) electrons. The minimum Gasteiger partial charge on any atom is -0.458 e. The van der Waals surface area contributed by atoms with Gasteiger partial charge in [-0.15, -0.1) is 0 Å². The summed E-state index contributed by atoms with van der Waals surface area (Å²) in [4.78, 5) is 15.1. The Morgan fingerprint density at radius 1 is 0.275 bits per heavy atom. The minimum atomic E-state index is -2.78. The second-order valence-electron chi connectivity index (χ2n) is 32.4. The van der Waals surface area contributed by atoms with Crippen molar-refractivity contribution in [3.63, 3.8) is 0 Å². The van der Waals surface area contributed by atoms with Gasteiger partial charge in [0.15, 0.2) is 32.3 Å². The van der Waals surface area contributed by atoms with E-state index in [0.29, 0.717) is 11.0 Å². The third-order valence-corrected chi connectivity index (χ3v) is 45.8. The molecule has 0 bridgehead atoms.